The van der Waals surface area contributed by atoms with Crippen LogP contribution >= 0.6 is 10.7 Å². The lowest BCUT2D eigenvalue weighted by Crippen LogP contribution is -2.02. The summed E-state index contributed by atoms with van der Waals surface area (Å²) >= 11 is 0. The van der Waals surface area contributed by atoms with E-state index in [9.17, 15) is 17.2 Å². The quantitative estimate of drug-likeness (QED) is 0.839. The van der Waals surface area contributed by atoms with Crippen molar-refractivity contribution >= 4 is 19.7 Å². The number of hydrogen-bond acceptors (Lipinski definition) is 3. The van der Waals surface area contributed by atoms with E-state index in [-0.39, 0.29) is 12.0 Å². The number of phenols is 1. The SMILES string of the molecule is O=S(=O)(Cl)CCc1cc(F)c(F)cc1O. The molecule has 0 bridgehead atoms. The highest BCUT2D eigenvalue weighted by atomic mass is 35.7. The molecule has 0 heterocycles. The first kappa shape index (κ1) is 12.2. The molecule has 0 aromatic heterocycles. The molecule has 7 heteroatoms. The second-order valence-electron chi connectivity index (χ2n) is 2.89. The Bertz CT molecular complexity index is 473. The van der Waals surface area contributed by atoms with Crippen molar-refractivity contribution < 1.29 is 22.3 Å². The highest BCUT2D eigenvalue weighted by Gasteiger charge is 2.12. The van der Waals surface area contributed by atoms with E-state index >= 15 is 0 Å². The molecular formula is C8H7ClF2O3S. The van der Waals surface area contributed by atoms with E-state index in [0.717, 1.165) is 6.07 Å². The Balaban J connectivity index is 2.91. The average molecular weight is 257 g/mol. The Morgan fingerprint density at radius 1 is 1.27 bits per heavy atom. The Morgan fingerprint density at radius 3 is 2.33 bits per heavy atom. The Kier molecular flexibility index (Phi) is 3.51. The molecule has 0 aliphatic rings. The number of halogens is 3. The molecule has 0 saturated heterocycles. The van der Waals surface area contributed by atoms with Crippen molar-refractivity contribution in [1.29, 1.82) is 0 Å². The summed E-state index contributed by atoms with van der Waals surface area (Å²) in [4.78, 5) is 0. The van der Waals surface area contributed by atoms with Crippen LogP contribution in [0, 0.1) is 11.6 Å². The third-order valence-corrected chi connectivity index (χ3v) is 2.89. The molecule has 1 N–H and O–H groups in total. The normalized spacial score (nSPS) is 11.7. The van der Waals surface area contributed by atoms with E-state index in [1.165, 1.54) is 0 Å². The van der Waals surface area contributed by atoms with Gasteiger partial charge in [-0.15, -0.1) is 0 Å². The van der Waals surface area contributed by atoms with E-state index in [2.05, 4.69) is 0 Å². The maximum Gasteiger partial charge on any atom is 0.232 e. The molecule has 0 fully saturated rings. The van der Waals surface area contributed by atoms with Gasteiger partial charge in [0.25, 0.3) is 0 Å². The molecule has 0 atom stereocenters. The molecule has 1 aromatic carbocycles. The second-order valence-corrected chi connectivity index (χ2v) is 5.78. The molecule has 1 aromatic rings. The molecule has 0 saturated carbocycles. The van der Waals surface area contributed by atoms with E-state index in [1.54, 1.807) is 0 Å². The van der Waals surface area contributed by atoms with Crippen LogP contribution in [0.2, 0.25) is 0 Å². The number of aromatic hydroxyl groups is 1. The van der Waals surface area contributed by atoms with Gasteiger partial charge in [0, 0.05) is 16.7 Å². The Hall–Kier alpha value is -0.880. The van der Waals surface area contributed by atoms with Crippen LogP contribution in [-0.2, 0) is 15.5 Å². The van der Waals surface area contributed by atoms with E-state index in [0.29, 0.717) is 6.07 Å². The summed E-state index contributed by atoms with van der Waals surface area (Å²) in [5, 5.41) is 9.17. The summed E-state index contributed by atoms with van der Waals surface area (Å²) in [6, 6.07) is 1.33. The molecule has 0 spiro atoms. The van der Waals surface area contributed by atoms with Crippen LogP contribution in [0.5, 0.6) is 5.75 Å². The van der Waals surface area contributed by atoms with E-state index in [1.807, 2.05) is 0 Å². The van der Waals surface area contributed by atoms with Gasteiger partial charge in [-0.3, -0.25) is 0 Å². The zero-order chi connectivity index (χ0) is 11.6. The molecule has 1 rings (SSSR count). The van der Waals surface area contributed by atoms with Crippen LogP contribution in [0.15, 0.2) is 12.1 Å². The zero-order valence-corrected chi connectivity index (χ0v) is 8.95. The molecule has 0 aliphatic heterocycles. The Morgan fingerprint density at radius 2 is 1.80 bits per heavy atom. The minimum absolute atomic E-state index is 0.00174. The van der Waals surface area contributed by atoms with Crippen LogP contribution in [0.4, 0.5) is 8.78 Å². The molecular weight excluding hydrogens is 250 g/mol. The van der Waals surface area contributed by atoms with Gasteiger partial charge in [0.15, 0.2) is 11.6 Å². The number of aryl methyl sites for hydroxylation is 1. The predicted molar refractivity (Wildman–Crippen MR) is 51.4 cm³/mol. The van der Waals surface area contributed by atoms with Crippen molar-refractivity contribution in [3.63, 3.8) is 0 Å². The highest BCUT2D eigenvalue weighted by molar-refractivity contribution is 8.13. The van der Waals surface area contributed by atoms with Crippen molar-refractivity contribution in [3.8, 4) is 5.75 Å². The predicted octanol–water partition coefficient (Wildman–Crippen LogP) is 1.78. The van der Waals surface area contributed by atoms with Crippen molar-refractivity contribution in [2.24, 2.45) is 0 Å². The van der Waals surface area contributed by atoms with Gasteiger partial charge >= 0.3 is 0 Å². The summed E-state index contributed by atoms with van der Waals surface area (Å²) in [5.74, 6) is -3.28. The van der Waals surface area contributed by atoms with Crippen LogP contribution in [0.25, 0.3) is 0 Å². The maximum atomic E-state index is 12.7. The second kappa shape index (κ2) is 4.32. The van der Waals surface area contributed by atoms with Gasteiger partial charge in [0.1, 0.15) is 5.75 Å². The Labute approximate surface area is 89.7 Å². The largest absolute Gasteiger partial charge is 0.508 e. The van der Waals surface area contributed by atoms with Gasteiger partial charge in [-0.25, -0.2) is 17.2 Å². The van der Waals surface area contributed by atoms with Gasteiger partial charge in [-0.05, 0) is 18.1 Å². The highest BCUT2D eigenvalue weighted by Crippen LogP contribution is 2.22. The smallest absolute Gasteiger partial charge is 0.232 e. The fourth-order valence-electron chi connectivity index (χ4n) is 1.01. The summed E-state index contributed by atoms with van der Waals surface area (Å²) < 4.78 is 46.4. The van der Waals surface area contributed by atoms with Crippen LogP contribution in [-0.4, -0.2) is 19.3 Å². The lowest BCUT2D eigenvalue weighted by molar-refractivity contribution is 0.448. The summed E-state index contributed by atoms with van der Waals surface area (Å²) in [7, 11) is 1.21. The van der Waals surface area contributed by atoms with Crippen molar-refractivity contribution in [3.05, 3.63) is 29.3 Å². The fraction of sp³-hybridized carbons (Fsp3) is 0.250. The topological polar surface area (TPSA) is 54.4 Å². The molecule has 3 nitrogen and oxygen atoms in total. The standard InChI is InChI=1S/C8H7ClF2O3S/c9-15(13,14)2-1-5-3-6(10)7(11)4-8(5)12/h3-4,12H,1-2H2. The summed E-state index contributed by atoms with van der Waals surface area (Å²) in [6.07, 6.45) is -0.172. The third kappa shape index (κ3) is 3.64. The first-order chi connectivity index (χ1) is 6.79. The molecule has 15 heavy (non-hydrogen) atoms. The zero-order valence-electron chi connectivity index (χ0n) is 7.37. The van der Waals surface area contributed by atoms with Gasteiger partial charge in [0.05, 0.1) is 5.75 Å². The average Bonchev–Trinajstić information content (AvgIpc) is 2.07. The molecule has 0 aliphatic carbocycles. The van der Waals surface area contributed by atoms with Gasteiger partial charge < -0.3 is 5.11 Å². The molecule has 84 valence electrons. The van der Waals surface area contributed by atoms with Gasteiger partial charge in [-0.2, -0.15) is 0 Å². The number of benzene rings is 1. The van der Waals surface area contributed by atoms with Crippen molar-refractivity contribution in [2.45, 2.75) is 6.42 Å². The number of rotatable bonds is 3. The first-order valence-electron chi connectivity index (χ1n) is 3.89. The van der Waals surface area contributed by atoms with E-state index < -0.39 is 32.2 Å². The molecule has 0 radical (unpaired) electrons. The van der Waals surface area contributed by atoms with Crippen LogP contribution in [0.3, 0.4) is 0 Å². The number of hydrogen-bond donors (Lipinski definition) is 1. The lowest BCUT2D eigenvalue weighted by Gasteiger charge is -2.03. The lowest BCUT2D eigenvalue weighted by atomic mass is 10.1. The van der Waals surface area contributed by atoms with Gasteiger partial charge in [-0.1, -0.05) is 0 Å². The first-order valence-corrected chi connectivity index (χ1v) is 6.36. The van der Waals surface area contributed by atoms with E-state index in [4.69, 9.17) is 15.8 Å². The van der Waals surface area contributed by atoms with Crippen LogP contribution < -0.4 is 0 Å². The molecule has 0 amide bonds. The summed E-state index contributed by atoms with van der Waals surface area (Å²) in [5.41, 5.74) is -0.00174. The van der Waals surface area contributed by atoms with Crippen molar-refractivity contribution in [2.75, 3.05) is 5.75 Å². The minimum atomic E-state index is -3.72. The summed E-state index contributed by atoms with van der Waals surface area (Å²) in [6.45, 7) is 0. The monoisotopic (exact) mass is 256 g/mol. The maximum absolute atomic E-state index is 12.7. The molecule has 0 unspecified atom stereocenters. The van der Waals surface area contributed by atoms with Crippen molar-refractivity contribution in [1.82, 2.24) is 0 Å². The fourth-order valence-corrected chi connectivity index (χ4v) is 1.70. The van der Waals surface area contributed by atoms with Gasteiger partial charge in [0.2, 0.25) is 9.05 Å². The van der Waals surface area contributed by atoms with Crippen LogP contribution in [0.1, 0.15) is 5.56 Å². The number of phenolic OH excluding ortho intramolecular Hbond substituents is 1. The minimum Gasteiger partial charge on any atom is -0.508 e. The third-order valence-electron chi connectivity index (χ3n) is 1.74.